The van der Waals surface area contributed by atoms with E-state index < -0.39 is 12.0 Å². The lowest BCUT2D eigenvalue weighted by atomic mass is 10.0. The minimum absolute atomic E-state index is 0.340. The second kappa shape index (κ2) is 7.89. The van der Waals surface area contributed by atoms with Crippen LogP contribution in [0, 0.1) is 6.92 Å². The molecule has 146 valence electrons. The van der Waals surface area contributed by atoms with Gasteiger partial charge in [0.15, 0.2) is 0 Å². The third kappa shape index (κ3) is 3.77. The second-order valence-corrected chi connectivity index (χ2v) is 7.12. The number of nitrogens with two attached hydrogens (primary N) is 1. The highest BCUT2D eigenvalue weighted by atomic mass is 16.5. The summed E-state index contributed by atoms with van der Waals surface area (Å²) in [5.41, 5.74) is 13.0. The summed E-state index contributed by atoms with van der Waals surface area (Å²) in [4.78, 5) is 16.7. The van der Waals surface area contributed by atoms with Crippen LogP contribution in [0.1, 0.15) is 11.3 Å². The Morgan fingerprint density at radius 1 is 1.03 bits per heavy atom. The van der Waals surface area contributed by atoms with Gasteiger partial charge in [-0.3, -0.25) is 4.79 Å². The molecule has 1 unspecified atom stereocenters. The van der Waals surface area contributed by atoms with Crippen LogP contribution in [0.25, 0.3) is 28.0 Å². The largest absolute Gasteiger partial charge is 0.468 e. The molecule has 0 saturated carbocycles. The molecule has 0 fully saturated rings. The Morgan fingerprint density at radius 2 is 1.69 bits per heavy atom. The summed E-state index contributed by atoms with van der Waals surface area (Å²) in [6.45, 7) is 2.03. The van der Waals surface area contributed by atoms with E-state index in [4.69, 9.17) is 15.5 Å². The van der Waals surface area contributed by atoms with Crippen molar-refractivity contribution in [3.8, 4) is 22.4 Å². The minimum atomic E-state index is -0.747. The summed E-state index contributed by atoms with van der Waals surface area (Å²) < 4.78 is 6.80. The molecule has 2 aromatic heterocycles. The van der Waals surface area contributed by atoms with Crippen molar-refractivity contribution in [3.05, 3.63) is 84.2 Å². The fraction of sp³-hybridized carbons (Fsp3) is 0.167. The first-order valence-corrected chi connectivity index (χ1v) is 9.53. The zero-order valence-electron chi connectivity index (χ0n) is 16.5. The second-order valence-electron chi connectivity index (χ2n) is 7.12. The number of ether oxygens (including phenoxy) is 1. The Bertz CT molecular complexity index is 1150. The van der Waals surface area contributed by atoms with Crippen molar-refractivity contribution < 1.29 is 9.53 Å². The van der Waals surface area contributed by atoms with Crippen molar-refractivity contribution in [3.63, 3.8) is 0 Å². The van der Waals surface area contributed by atoms with Crippen molar-refractivity contribution >= 4 is 11.6 Å². The van der Waals surface area contributed by atoms with E-state index in [-0.39, 0.29) is 0 Å². The van der Waals surface area contributed by atoms with E-state index in [9.17, 15) is 4.79 Å². The lowest BCUT2D eigenvalue weighted by Gasteiger charge is -2.11. The fourth-order valence-corrected chi connectivity index (χ4v) is 3.52. The van der Waals surface area contributed by atoms with Crippen LogP contribution in [0.5, 0.6) is 0 Å². The lowest BCUT2D eigenvalue weighted by molar-refractivity contribution is -0.142. The number of nitrogens with zero attached hydrogens (tertiary/aromatic N) is 2. The Kier molecular flexibility index (Phi) is 5.14. The number of carbonyl (C=O) groups excluding carboxylic acids is 1. The van der Waals surface area contributed by atoms with E-state index in [2.05, 4.69) is 36.4 Å². The Labute approximate surface area is 169 Å². The number of pyridine rings is 1. The maximum Gasteiger partial charge on any atom is 0.323 e. The van der Waals surface area contributed by atoms with E-state index in [0.717, 1.165) is 39.3 Å². The maximum atomic E-state index is 11.9. The van der Waals surface area contributed by atoms with Crippen LogP contribution in [0.2, 0.25) is 0 Å². The summed E-state index contributed by atoms with van der Waals surface area (Å²) in [5, 5.41) is 0. The van der Waals surface area contributed by atoms with Gasteiger partial charge in [-0.05, 0) is 35.7 Å². The molecule has 0 amide bonds. The van der Waals surface area contributed by atoms with E-state index in [1.54, 1.807) is 0 Å². The monoisotopic (exact) mass is 385 g/mol. The van der Waals surface area contributed by atoms with Crippen molar-refractivity contribution in [1.82, 2.24) is 9.38 Å². The first-order valence-electron chi connectivity index (χ1n) is 9.53. The highest BCUT2D eigenvalue weighted by Gasteiger charge is 2.21. The van der Waals surface area contributed by atoms with Gasteiger partial charge in [0.1, 0.15) is 11.7 Å². The van der Waals surface area contributed by atoms with Gasteiger partial charge < -0.3 is 14.9 Å². The lowest BCUT2D eigenvalue weighted by Crippen LogP contribution is -2.34. The molecule has 1 atom stereocenters. The molecule has 2 N–H and O–H groups in total. The summed E-state index contributed by atoms with van der Waals surface area (Å²) in [6.07, 6.45) is 2.31. The van der Waals surface area contributed by atoms with E-state index in [1.807, 2.05) is 47.9 Å². The summed E-state index contributed by atoms with van der Waals surface area (Å²) in [7, 11) is 1.35. The number of rotatable bonds is 5. The number of esters is 1. The van der Waals surface area contributed by atoms with E-state index in [1.165, 1.54) is 7.11 Å². The molecule has 0 aliphatic heterocycles. The van der Waals surface area contributed by atoms with Crippen LogP contribution >= 0.6 is 0 Å². The molecule has 0 bridgehead atoms. The number of methoxy groups -OCH3 is 1. The number of imidazole rings is 1. The summed E-state index contributed by atoms with van der Waals surface area (Å²) in [5.74, 6) is -0.433. The molecular weight excluding hydrogens is 362 g/mol. The highest BCUT2D eigenvalue weighted by molar-refractivity contribution is 5.77. The summed E-state index contributed by atoms with van der Waals surface area (Å²) in [6, 6.07) is 21.8. The van der Waals surface area contributed by atoms with Gasteiger partial charge in [-0.15, -0.1) is 0 Å². The van der Waals surface area contributed by atoms with Crippen LogP contribution < -0.4 is 5.73 Å². The van der Waals surface area contributed by atoms with E-state index in [0.29, 0.717) is 6.42 Å². The molecule has 2 heterocycles. The third-order valence-corrected chi connectivity index (χ3v) is 5.06. The van der Waals surface area contributed by atoms with Crippen LogP contribution in [-0.2, 0) is 16.0 Å². The van der Waals surface area contributed by atoms with Gasteiger partial charge in [0.05, 0.1) is 18.5 Å². The molecule has 5 nitrogen and oxygen atoms in total. The fourth-order valence-electron chi connectivity index (χ4n) is 3.52. The van der Waals surface area contributed by atoms with Gasteiger partial charge >= 0.3 is 5.97 Å². The van der Waals surface area contributed by atoms with Crippen molar-refractivity contribution in [2.45, 2.75) is 19.4 Å². The molecule has 0 radical (unpaired) electrons. The zero-order valence-corrected chi connectivity index (χ0v) is 16.5. The average Bonchev–Trinajstić information content (AvgIpc) is 3.11. The molecule has 0 aliphatic carbocycles. The molecule has 29 heavy (non-hydrogen) atoms. The van der Waals surface area contributed by atoms with Gasteiger partial charge in [-0.1, -0.05) is 54.6 Å². The molecule has 0 saturated heterocycles. The third-order valence-electron chi connectivity index (χ3n) is 5.06. The Hall–Kier alpha value is -3.44. The SMILES string of the molecule is COC(=O)C(N)Cc1c(-c2ccc(-c3ccccc3)cc2)nc2cc(C)ccn12. The van der Waals surface area contributed by atoms with E-state index >= 15 is 0 Å². The minimum Gasteiger partial charge on any atom is -0.468 e. The van der Waals surface area contributed by atoms with Gasteiger partial charge in [0, 0.05) is 18.2 Å². The normalized spacial score (nSPS) is 12.1. The van der Waals surface area contributed by atoms with Gasteiger partial charge in [0.25, 0.3) is 0 Å². The predicted octanol–water partition coefficient (Wildman–Crippen LogP) is 4.02. The van der Waals surface area contributed by atoms with Crippen molar-refractivity contribution in [1.29, 1.82) is 0 Å². The smallest absolute Gasteiger partial charge is 0.323 e. The van der Waals surface area contributed by atoms with Crippen LogP contribution in [0.4, 0.5) is 0 Å². The number of aryl methyl sites for hydroxylation is 1. The Balaban J connectivity index is 1.78. The molecule has 4 rings (SSSR count). The zero-order chi connectivity index (χ0) is 20.4. The quantitative estimate of drug-likeness (QED) is 0.527. The molecular formula is C24H23N3O2. The first-order chi connectivity index (χ1) is 14.1. The standard InChI is InChI=1S/C24H23N3O2/c1-16-12-13-27-21(15-20(25)24(28)29-2)23(26-22(27)14-16)19-10-8-18(9-11-19)17-6-4-3-5-7-17/h3-14,20H,15,25H2,1-2H3. The number of aromatic nitrogens is 2. The molecule has 0 aliphatic rings. The number of hydrogen-bond donors (Lipinski definition) is 1. The van der Waals surface area contributed by atoms with Gasteiger partial charge in [-0.25, -0.2) is 4.98 Å². The topological polar surface area (TPSA) is 69.6 Å². The molecule has 4 aromatic rings. The number of carbonyl (C=O) groups is 1. The summed E-state index contributed by atoms with van der Waals surface area (Å²) >= 11 is 0. The van der Waals surface area contributed by atoms with Gasteiger partial charge in [-0.2, -0.15) is 0 Å². The van der Waals surface area contributed by atoms with Crippen LogP contribution in [0.3, 0.4) is 0 Å². The predicted molar refractivity (Wildman–Crippen MR) is 114 cm³/mol. The first kappa shape index (κ1) is 18.9. The number of fused-ring (bicyclic) bond motifs is 1. The average molecular weight is 385 g/mol. The van der Waals surface area contributed by atoms with Crippen LogP contribution in [-0.4, -0.2) is 28.5 Å². The van der Waals surface area contributed by atoms with Crippen molar-refractivity contribution in [2.75, 3.05) is 7.11 Å². The van der Waals surface area contributed by atoms with Crippen molar-refractivity contribution in [2.24, 2.45) is 5.73 Å². The Morgan fingerprint density at radius 3 is 2.38 bits per heavy atom. The van der Waals surface area contributed by atoms with Crippen LogP contribution in [0.15, 0.2) is 72.9 Å². The highest BCUT2D eigenvalue weighted by Crippen LogP contribution is 2.28. The van der Waals surface area contributed by atoms with Gasteiger partial charge in [0.2, 0.25) is 0 Å². The maximum absolute atomic E-state index is 11.9. The molecule has 5 heteroatoms. The molecule has 0 spiro atoms. The number of hydrogen-bond acceptors (Lipinski definition) is 4. The number of benzene rings is 2. The molecule has 2 aromatic carbocycles.